The number of rotatable bonds is 6. The number of carbonyl (C=O) groups is 1. The largest absolute Gasteiger partial charge is 0.497 e. The van der Waals surface area contributed by atoms with Crippen LogP contribution in [0.2, 0.25) is 0 Å². The van der Waals surface area contributed by atoms with Crippen molar-refractivity contribution in [3.63, 3.8) is 0 Å². The first-order valence-electron chi connectivity index (χ1n) is 7.98. The predicted octanol–water partition coefficient (Wildman–Crippen LogP) is 3.16. The van der Waals surface area contributed by atoms with Crippen molar-refractivity contribution >= 4 is 11.5 Å². The molecular weight excluding hydrogens is 334 g/mol. The zero-order valence-corrected chi connectivity index (χ0v) is 14.4. The minimum Gasteiger partial charge on any atom is -0.497 e. The van der Waals surface area contributed by atoms with Crippen LogP contribution in [0.5, 0.6) is 5.75 Å². The van der Waals surface area contributed by atoms with E-state index < -0.39 is 5.97 Å². The molecule has 1 aromatic carbocycles. The van der Waals surface area contributed by atoms with Gasteiger partial charge in [0, 0.05) is 11.1 Å². The van der Waals surface area contributed by atoms with Crippen LogP contribution >= 0.6 is 0 Å². The van der Waals surface area contributed by atoms with Crippen molar-refractivity contribution in [1.29, 1.82) is 0 Å². The van der Waals surface area contributed by atoms with Gasteiger partial charge in [0.15, 0.2) is 5.69 Å². The highest BCUT2D eigenvalue weighted by Gasteiger charge is 2.19. The van der Waals surface area contributed by atoms with E-state index in [0.717, 1.165) is 11.3 Å². The summed E-state index contributed by atoms with van der Waals surface area (Å²) in [4.78, 5) is 24.1. The van der Waals surface area contributed by atoms with Crippen molar-refractivity contribution in [3.05, 3.63) is 65.8 Å². The van der Waals surface area contributed by atoms with Gasteiger partial charge in [0.1, 0.15) is 17.3 Å². The highest BCUT2D eigenvalue weighted by molar-refractivity contribution is 5.94. The molecule has 134 valence electrons. The van der Waals surface area contributed by atoms with Gasteiger partial charge in [-0.25, -0.2) is 9.78 Å². The Kier molecular flexibility index (Phi) is 5.19. The molecule has 0 saturated heterocycles. The summed E-state index contributed by atoms with van der Waals surface area (Å²) in [5.41, 5.74) is 5.40. The molecule has 0 saturated carbocycles. The number of ether oxygens (including phenoxy) is 1. The maximum atomic E-state index is 11.7. The van der Waals surface area contributed by atoms with Crippen LogP contribution in [0, 0.1) is 0 Å². The second kappa shape index (κ2) is 7.71. The Morgan fingerprint density at radius 3 is 2.69 bits per heavy atom. The van der Waals surface area contributed by atoms with Gasteiger partial charge in [-0.1, -0.05) is 12.2 Å². The Labute approximate surface area is 150 Å². The first-order chi connectivity index (χ1) is 12.6. The first kappa shape index (κ1) is 17.5. The van der Waals surface area contributed by atoms with Gasteiger partial charge >= 0.3 is 5.97 Å². The number of hydroxylamine groups is 1. The molecule has 1 heterocycles. The lowest BCUT2D eigenvalue weighted by Gasteiger charge is -2.03. The number of allylic oxidation sites excluding steroid dienone is 5. The number of nitrogens with zero attached hydrogens (tertiary/aromatic N) is 1. The van der Waals surface area contributed by atoms with E-state index in [1.54, 1.807) is 31.4 Å². The second-order valence-electron chi connectivity index (χ2n) is 5.55. The number of hydrogen-bond donors (Lipinski definition) is 3. The van der Waals surface area contributed by atoms with Gasteiger partial charge < -0.3 is 14.8 Å². The molecule has 0 atom stereocenters. The van der Waals surface area contributed by atoms with Gasteiger partial charge in [0.05, 0.1) is 19.9 Å². The number of aromatic carboxylic acids is 1. The smallest absolute Gasteiger partial charge is 0.354 e. The lowest BCUT2D eigenvalue weighted by Crippen LogP contribution is -2.09. The molecule has 26 heavy (non-hydrogen) atoms. The fourth-order valence-electron chi connectivity index (χ4n) is 2.63. The van der Waals surface area contributed by atoms with Crippen molar-refractivity contribution in [3.8, 4) is 17.0 Å². The van der Waals surface area contributed by atoms with Gasteiger partial charge in [0.2, 0.25) is 0 Å². The van der Waals surface area contributed by atoms with Gasteiger partial charge in [0.25, 0.3) is 0 Å². The maximum absolute atomic E-state index is 11.7. The third-order valence-electron chi connectivity index (χ3n) is 3.86. The van der Waals surface area contributed by atoms with E-state index in [2.05, 4.69) is 15.4 Å². The number of H-pyrrole nitrogens is 1. The number of hydrogen-bond acceptors (Lipinski definition) is 5. The summed E-state index contributed by atoms with van der Waals surface area (Å²) in [6.07, 6.45) is 8.36. The molecule has 0 spiro atoms. The Morgan fingerprint density at radius 1 is 1.27 bits per heavy atom. The normalized spacial score (nSPS) is 13.6. The van der Waals surface area contributed by atoms with Crippen molar-refractivity contribution in [2.45, 2.75) is 6.42 Å². The molecule has 1 aliphatic carbocycles. The molecule has 0 fully saturated rings. The highest BCUT2D eigenvalue weighted by Crippen LogP contribution is 2.27. The molecule has 1 aliphatic rings. The molecular formula is C19H19N3O4. The molecule has 0 bridgehead atoms. The summed E-state index contributed by atoms with van der Waals surface area (Å²) in [5.74, 6) is 0.102. The standard InChI is InChI=1S/C19H19N3O4/c1-25-15-9-7-12(8-10-15)16-17(19(23)24)21-18(20-16)13-5-3-4-6-14(11-13)22-26-2/h4-11,22H,3H2,1-2H3,(H,20,21)(H,23,24). The number of aromatic nitrogens is 2. The van der Waals surface area contributed by atoms with Crippen LogP contribution in [0.4, 0.5) is 0 Å². The summed E-state index contributed by atoms with van der Waals surface area (Å²) in [6.45, 7) is 0. The molecule has 2 aromatic rings. The van der Waals surface area contributed by atoms with E-state index in [4.69, 9.17) is 9.57 Å². The highest BCUT2D eigenvalue weighted by atomic mass is 16.6. The van der Waals surface area contributed by atoms with Crippen LogP contribution in [-0.4, -0.2) is 35.3 Å². The molecule has 0 amide bonds. The summed E-state index contributed by atoms with van der Waals surface area (Å²) >= 11 is 0. The van der Waals surface area contributed by atoms with E-state index in [1.807, 2.05) is 24.3 Å². The van der Waals surface area contributed by atoms with Gasteiger partial charge in [-0.2, -0.15) is 0 Å². The van der Waals surface area contributed by atoms with Crippen LogP contribution in [0.25, 0.3) is 16.8 Å². The molecule has 3 N–H and O–H groups in total. The van der Waals surface area contributed by atoms with Crippen LogP contribution in [-0.2, 0) is 4.84 Å². The number of carboxylic acid groups (broad SMARTS) is 1. The van der Waals surface area contributed by atoms with Crippen molar-refractivity contribution < 1.29 is 19.5 Å². The Bertz CT molecular complexity index is 892. The zero-order chi connectivity index (χ0) is 18.5. The number of methoxy groups -OCH3 is 1. The molecule has 3 rings (SSSR count). The lowest BCUT2D eigenvalue weighted by molar-refractivity contribution is 0.0692. The van der Waals surface area contributed by atoms with E-state index in [1.165, 1.54) is 7.11 Å². The summed E-state index contributed by atoms with van der Waals surface area (Å²) in [5, 5.41) is 9.56. The molecule has 1 aromatic heterocycles. The maximum Gasteiger partial charge on any atom is 0.354 e. The van der Waals surface area contributed by atoms with Crippen LogP contribution in [0.15, 0.2) is 54.3 Å². The van der Waals surface area contributed by atoms with Crippen LogP contribution in [0.1, 0.15) is 22.7 Å². The fraction of sp³-hybridized carbons (Fsp3) is 0.158. The fourth-order valence-corrected chi connectivity index (χ4v) is 2.63. The number of nitrogens with one attached hydrogen (secondary N) is 2. The van der Waals surface area contributed by atoms with Crippen molar-refractivity contribution in [1.82, 2.24) is 15.4 Å². The average Bonchev–Trinajstić information content (AvgIpc) is 2.97. The average molecular weight is 353 g/mol. The zero-order valence-electron chi connectivity index (χ0n) is 14.4. The molecule has 7 heteroatoms. The molecule has 0 radical (unpaired) electrons. The van der Waals surface area contributed by atoms with Gasteiger partial charge in [-0.05, 0) is 42.8 Å². The Hall–Kier alpha value is -3.32. The lowest BCUT2D eigenvalue weighted by atomic mass is 10.1. The van der Waals surface area contributed by atoms with E-state index in [-0.39, 0.29) is 5.69 Å². The topological polar surface area (TPSA) is 96.5 Å². The summed E-state index contributed by atoms with van der Waals surface area (Å²) in [7, 11) is 3.11. The number of aromatic amines is 1. The molecule has 0 unspecified atom stereocenters. The van der Waals surface area contributed by atoms with E-state index in [9.17, 15) is 9.90 Å². The van der Waals surface area contributed by atoms with Gasteiger partial charge in [-0.3, -0.25) is 10.3 Å². The monoisotopic (exact) mass is 353 g/mol. The van der Waals surface area contributed by atoms with E-state index >= 15 is 0 Å². The van der Waals surface area contributed by atoms with Crippen molar-refractivity contribution in [2.75, 3.05) is 14.2 Å². The Morgan fingerprint density at radius 2 is 2.04 bits per heavy atom. The number of imidazole rings is 1. The van der Waals surface area contributed by atoms with Crippen LogP contribution in [0.3, 0.4) is 0 Å². The number of carboxylic acids is 1. The summed E-state index contributed by atoms with van der Waals surface area (Å²) in [6, 6.07) is 7.10. The third-order valence-corrected chi connectivity index (χ3v) is 3.86. The first-order valence-corrected chi connectivity index (χ1v) is 7.98. The quantitative estimate of drug-likeness (QED) is 0.690. The number of benzene rings is 1. The SMILES string of the molecule is CONC1=CC(c2nc(-c3ccc(OC)cc3)c(C(=O)O)[nH]2)=CCC=C1. The predicted molar refractivity (Wildman–Crippen MR) is 97.5 cm³/mol. The van der Waals surface area contributed by atoms with E-state index in [0.29, 0.717) is 29.3 Å². The Balaban J connectivity index is 2.03. The second-order valence-corrected chi connectivity index (χ2v) is 5.55. The molecule has 7 nitrogen and oxygen atoms in total. The van der Waals surface area contributed by atoms with Crippen LogP contribution < -0.4 is 10.2 Å². The van der Waals surface area contributed by atoms with Crippen molar-refractivity contribution in [2.24, 2.45) is 0 Å². The summed E-state index contributed by atoms with van der Waals surface area (Å²) < 4.78 is 5.14. The third kappa shape index (κ3) is 3.68. The minimum atomic E-state index is -1.07. The minimum absolute atomic E-state index is 0.0397. The van der Waals surface area contributed by atoms with Gasteiger partial charge in [-0.15, -0.1) is 0 Å². The molecule has 0 aliphatic heterocycles.